The van der Waals surface area contributed by atoms with Crippen molar-refractivity contribution < 1.29 is 47.8 Å². The molecule has 0 heterocycles. The van der Waals surface area contributed by atoms with Crippen LogP contribution >= 0.6 is 7.82 Å². The molecule has 0 aromatic rings. The molecule has 1 unspecified atom stereocenters. The number of rotatable bonds is 41. The number of allylic oxidation sites excluding steroid dienone is 10. The first-order valence-electron chi connectivity index (χ1n) is 22.2. The fourth-order valence-corrected chi connectivity index (χ4v) is 6.47. The molecule has 0 aromatic heterocycles. The van der Waals surface area contributed by atoms with Gasteiger partial charge in [-0.3, -0.25) is 18.6 Å². The number of hydrogen-bond donors (Lipinski definition) is 3. The molecule has 0 aliphatic heterocycles. The zero-order valence-corrected chi connectivity index (χ0v) is 36.7. The molecule has 330 valence electrons. The molecule has 0 fully saturated rings. The van der Waals surface area contributed by atoms with Crippen LogP contribution in [0.4, 0.5) is 0 Å². The van der Waals surface area contributed by atoms with E-state index >= 15 is 0 Å². The summed E-state index contributed by atoms with van der Waals surface area (Å²) in [5.74, 6) is -0.989. The van der Waals surface area contributed by atoms with Gasteiger partial charge in [-0.15, -0.1) is 0 Å². The molecule has 3 atom stereocenters. The van der Waals surface area contributed by atoms with Crippen molar-refractivity contribution in [3.05, 3.63) is 60.8 Å². The largest absolute Gasteiger partial charge is 0.472 e. The van der Waals surface area contributed by atoms with E-state index in [0.717, 1.165) is 57.8 Å². The highest BCUT2D eigenvalue weighted by Gasteiger charge is 2.27. The van der Waals surface area contributed by atoms with Gasteiger partial charge in [0.2, 0.25) is 0 Å². The SMILES string of the molecule is CCCCC/C=C/C/C=C/C/C=C/C/C=C/CCCCCC(=O)O[C@H](COC(=O)CCCC/C=C/CCCCCCCCCCC)COP(=O)(O)OC[C@@H](O)CO. The normalized spacial score (nSPS) is 14.4. The predicted molar refractivity (Wildman–Crippen MR) is 233 cm³/mol. The van der Waals surface area contributed by atoms with Crippen LogP contribution in [0.15, 0.2) is 60.8 Å². The van der Waals surface area contributed by atoms with Gasteiger partial charge in [-0.05, 0) is 83.5 Å². The van der Waals surface area contributed by atoms with Crippen molar-refractivity contribution in [1.29, 1.82) is 0 Å². The first-order valence-corrected chi connectivity index (χ1v) is 23.7. The Bertz CT molecular complexity index is 1130. The number of carbonyl (C=O) groups excluding carboxylic acids is 2. The number of esters is 2. The Morgan fingerprint density at radius 2 is 0.912 bits per heavy atom. The lowest BCUT2D eigenvalue weighted by atomic mass is 10.1. The van der Waals surface area contributed by atoms with E-state index in [1.165, 1.54) is 83.5 Å². The molecule has 0 aromatic carbocycles. The van der Waals surface area contributed by atoms with Crippen molar-refractivity contribution in [3.8, 4) is 0 Å². The van der Waals surface area contributed by atoms with Gasteiger partial charge >= 0.3 is 19.8 Å². The Hall–Kier alpha value is -2.33. The van der Waals surface area contributed by atoms with E-state index in [-0.39, 0.29) is 19.4 Å². The zero-order valence-electron chi connectivity index (χ0n) is 35.8. The Morgan fingerprint density at radius 1 is 0.526 bits per heavy atom. The van der Waals surface area contributed by atoms with Crippen molar-refractivity contribution in [2.75, 3.05) is 26.4 Å². The minimum atomic E-state index is -4.63. The first kappa shape index (κ1) is 54.7. The topological polar surface area (TPSA) is 149 Å². The molecule has 0 aliphatic carbocycles. The van der Waals surface area contributed by atoms with Crippen LogP contribution in [0.3, 0.4) is 0 Å². The van der Waals surface area contributed by atoms with Gasteiger partial charge in [-0.25, -0.2) is 4.57 Å². The molecular weight excluding hydrogens is 743 g/mol. The van der Waals surface area contributed by atoms with Crippen molar-refractivity contribution in [3.63, 3.8) is 0 Å². The molecular formula is C46H81O10P. The van der Waals surface area contributed by atoms with Crippen LogP contribution in [0.2, 0.25) is 0 Å². The summed E-state index contributed by atoms with van der Waals surface area (Å²) in [6.45, 7) is 2.29. The van der Waals surface area contributed by atoms with Gasteiger partial charge in [0.15, 0.2) is 6.10 Å². The number of aliphatic hydroxyl groups excluding tert-OH is 2. The maximum absolute atomic E-state index is 12.6. The third-order valence-corrected chi connectivity index (χ3v) is 10.1. The van der Waals surface area contributed by atoms with E-state index < -0.39 is 51.8 Å². The van der Waals surface area contributed by atoms with E-state index in [0.29, 0.717) is 12.8 Å². The van der Waals surface area contributed by atoms with Crippen LogP contribution in [0.5, 0.6) is 0 Å². The van der Waals surface area contributed by atoms with E-state index in [4.69, 9.17) is 19.1 Å². The molecule has 0 radical (unpaired) electrons. The van der Waals surface area contributed by atoms with Crippen LogP contribution in [0.1, 0.15) is 181 Å². The lowest BCUT2D eigenvalue weighted by molar-refractivity contribution is -0.161. The molecule has 11 heteroatoms. The predicted octanol–water partition coefficient (Wildman–Crippen LogP) is 11.9. The summed E-state index contributed by atoms with van der Waals surface area (Å²) in [5.41, 5.74) is 0. The summed E-state index contributed by atoms with van der Waals surface area (Å²) in [5, 5.41) is 18.3. The maximum atomic E-state index is 12.6. The first-order chi connectivity index (χ1) is 27.7. The molecule has 0 bridgehead atoms. The van der Waals surface area contributed by atoms with Crippen LogP contribution in [0, 0.1) is 0 Å². The second-order valence-electron chi connectivity index (χ2n) is 14.7. The van der Waals surface area contributed by atoms with Gasteiger partial charge in [-0.1, -0.05) is 145 Å². The number of unbranched alkanes of at least 4 members (excludes halogenated alkanes) is 17. The number of hydrogen-bond acceptors (Lipinski definition) is 9. The van der Waals surface area contributed by atoms with Gasteiger partial charge in [0.25, 0.3) is 0 Å². The van der Waals surface area contributed by atoms with Crippen molar-refractivity contribution in [2.24, 2.45) is 0 Å². The smallest absolute Gasteiger partial charge is 0.462 e. The molecule has 0 rings (SSSR count). The molecule has 0 aliphatic rings. The van der Waals surface area contributed by atoms with Gasteiger partial charge in [-0.2, -0.15) is 0 Å². The minimum Gasteiger partial charge on any atom is -0.462 e. The van der Waals surface area contributed by atoms with Crippen LogP contribution in [-0.2, 0) is 32.7 Å². The molecule has 0 spiro atoms. The van der Waals surface area contributed by atoms with Crippen LogP contribution < -0.4 is 0 Å². The lowest BCUT2D eigenvalue weighted by Crippen LogP contribution is -2.29. The van der Waals surface area contributed by atoms with Crippen molar-refractivity contribution in [2.45, 2.75) is 193 Å². The number of phosphoric ester groups is 1. The average Bonchev–Trinajstić information content (AvgIpc) is 3.20. The monoisotopic (exact) mass is 825 g/mol. The van der Waals surface area contributed by atoms with E-state index in [1.54, 1.807) is 0 Å². The van der Waals surface area contributed by atoms with E-state index in [2.05, 4.69) is 79.1 Å². The average molecular weight is 825 g/mol. The number of carbonyl (C=O) groups is 2. The summed E-state index contributed by atoms with van der Waals surface area (Å²) < 4.78 is 32.7. The maximum Gasteiger partial charge on any atom is 0.472 e. The molecule has 0 saturated carbocycles. The standard InChI is InChI=1S/C46H81O10P/c1-3-5-7-9-11-13-15-17-19-20-21-22-24-26-28-30-32-34-36-38-46(50)56-44(42-55-57(51,52)54-40-43(48)39-47)41-53-45(49)37-35-33-31-29-27-25-23-18-16-14-12-10-8-6-4-2/h11,13,17,19,21-22,26-29,43-44,47-48H,3-10,12,14-16,18,20,23-25,30-42H2,1-2H3,(H,51,52)/b13-11+,19-17+,22-21+,28-26+,29-27+/t43-,44+/m0/s1. The van der Waals surface area contributed by atoms with Crippen LogP contribution in [0.25, 0.3) is 0 Å². The second kappa shape index (κ2) is 41.8. The van der Waals surface area contributed by atoms with Gasteiger partial charge in [0, 0.05) is 12.8 Å². The summed E-state index contributed by atoms with van der Waals surface area (Å²) in [6.07, 6.45) is 46.2. The summed E-state index contributed by atoms with van der Waals surface area (Å²) in [4.78, 5) is 35.0. The second-order valence-corrected chi connectivity index (χ2v) is 16.2. The quantitative estimate of drug-likeness (QED) is 0.0235. The minimum absolute atomic E-state index is 0.141. The number of phosphoric acid groups is 1. The molecule has 0 amide bonds. The highest BCUT2D eigenvalue weighted by molar-refractivity contribution is 7.47. The fourth-order valence-electron chi connectivity index (χ4n) is 5.68. The number of aliphatic hydroxyl groups is 2. The van der Waals surface area contributed by atoms with E-state index in [1.807, 2.05) is 0 Å². The Morgan fingerprint density at radius 3 is 1.46 bits per heavy atom. The molecule has 3 N–H and O–H groups in total. The highest BCUT2D eigenvalue weighted by atomic mass is 31.2. The van der Waals surface area contributed by atoms with Crippen molar-refractivity contribution in [1.82, 2.24) is 0 Å². The van der Waals surface area contributed by atoms with E-state index in [9.17, 15) is 24.2 Å². The zero-order chi connectivity index (χ0) is 41.9. The van der Waals surface area contributed by atoms with Gasteiger partial charge in [0.05, 0.1) is 19.8 Å². The number of ether oxygens (including phenoxy) is 2. The Labute approximate surface area is 346 Å². The Kier molecular flexibility index (Phi) is 40.1. The third kappa shape index (κ3) is 41.6. The molecule has 0 saturated heterocycles. The van der Waals surface area contributed by atoms with Gasteiger partial charge in [0.1, 0.15) is 12.7 Å². The van der Waals surface area contributed by atoms with Crippen molar-refractivity contribution >= 4 is 19.8 Å². The van der Waals surface area contributed by atoms with Gasteiger partial charge < -0.3 is 24.6 Å². The lowest BCUT2D eigenvalue weighted by Gasteiger charge is -2.20. The molecule has 57 heavy (non-hydrogen) atoms. The summed E-state index contributed by atoms with van der Waals surface area (Å²) in [6, 6.07) is 0. The summed E-state index contributed by atoms with van der Waals surface area (Å²) >= 11 is 0. The van der Waals surface area contributed by atoms with Crippen LogP contribution in [-0.4, -0.2) is 65.7 Å². The molecule has 10 nitrogen and oxygen atoms in total. The highest BCUT2D eigenvalue weighted by Crippen LogP contribution is 2.43. The Balaban J connectivity index is 4.39. The fraction of sp³-hybridized carbons (Fsp3) is 0.739. The third-order valence-electron chi connectivity index (χ3n) is 9.14. The summed E-state index contributed by atoms with van der Waals surface area (Å²) in [7, 11) is -4.63.